The predicted molar refractivity (Wildman–Crippen MR) is 57.3 cm³/mol. The predicted octanol–water partition coefficient (Wildman–Crippen LogP) is 1.93. The molecule has 0 unspecified atom stereocenters. The van der Waals surface area contributed by atoms with Gasteiger partial charge in [0.05, 0.1) is 5.56 Å². The van der Waals surface area contributed by atoms with Crippen molar-refractivity contribution in [3.63, 3.8) is 0 Å². The van der Waals surface area contributed by atoms with Gasteiger partial charge in [0, 0.05) is 5.56 Å². The number of hydrogen-bond donors (Lipinski definition) is 2. The maximum absolute atomic E-state index is 11.9. The van der Waals surface area contributed by atoms with Crippen molar-refractivity contribution in [2.75, 3.05) is 0 Å². The van der Waals surface area contributed by atoms with Crippen LogP contribution >= 0.6 is 0 Å². The highest BCUT2D eigenvalue weighted by atomic mass is 16.3. The molecule has 0 spiro atoms. The zero-order chi connectivity index (χ0) is 11.5. The molecule has 0 radical (unpaired) electrons. The molecule has 0 aromatic heterocycles. The first-order valence-corrected chi connectivity index (χ1v) is 4.63. The molecule has 2 N–H and O–H groups in total. The molecule has 0 aliphatic rings. The molecule has 0 aliphatic heterocycles. The van der Waals surface area contributed by atoms with Gasteiger partial charge in [0.25, 0.3) is 0 Å². The second-order valence-electron chi connectivity index (χ2n) is 3.26. The van der Waals surface area contributed by atoms with E-state index in [-0.39, 0.29) is 17.3 Å². The summed E-state index contributed by atoms with van der Waals surface area (Å²) in [7, 11) is 0. The van der Waals surface area contributed by atoms with Gasteiger partial charge < -0.3 is 10.2 Å². The molecule has 3 nitrogen and oxygen atoms in total. The Morgan fingerprint density at radius 3 is 2.19 bits per heavy atom. The molecule has 78 valence electrons. The van der Waals surface area contributed by atoms with Crippen molar-refractivity contribution in [3.05, 3.63) is 59.7 Å². The summed E-state index contributed by atoms with van der Waals surface area (Å²) in [6.45, 7) is 0. The minimum absolute atomic E-state index is 0.0535. The van der Waals surface area contributed by atoms with E-state index in [4.69, 9.17) is 10.2 Å². The van der Waals surface area contributed by atoms with Crippen LogP contribution in [0, 0.1) is 12.1 Å². The first kappa shape index (κ1) is 10.1. The number of phenolic OH excluding ortho intramolecular Hbond substituents is 1. The van der Waals surface area contributed by atoms with Gasteiger partial charge in [-0.25, -0.2) is 0 Å². The summed E-state index contributed by atoms with van der Waals surface area (Å²) in [5, 5.41) is 18.1. The summed E-state index contributed by atoms with van der Waals surface area (Å²) < 4.78 is 0. The Bertz CT molecular complexity index is 450. The van der Waals surface area contributed by atoms with Crippen LogP contribution in [0.4, 0.5) is 0 Å². The van der Waals surface area contributed by atoms with Crippen LogP contribution in [0.2, 0.25) is 0 Å². The molecule has 2 aromatic carbocycles. The third kappa shape index (κ3) is 1.96. The number of aromatic hydroxyl groups is 2. The third-order valence-corrected chi connectivity index (χ3v) is 2.11. The van der Waals surface area contributed by atoms with E-state index in [9.17, 15) is 4.79 Å². The van der Waals surface area contributed by atoms with Crippen molar-refractivity contribution >= 4 is 5.78 Å². The van der Waals surface area contributed by atoms with E-state index in [1.807, 2.05) is 0 Å². The largest absolute Gasteiger partial charge is 0.508 e. The lowest BCUT2D eigenvalue weighted by atomic mass is 10.0. The van der Waals surface area contributed by atoms with Gasteiger partial charge in [-0.05, 0) is 42.5 Å². The highest BCUT2D eigenvalue weighted by Crippen LogP contribution is 2.14. The molecular weight excluding hydrogens is 204 g/mol. The zero-order valence-corrected chi connectivity index (χ0v) is 8.27. The highest BCUT2D eigenvalue weighted by Gasteiger charge is 2.08. The fourth-order valence-electron chi connectivity index (χ4n) is 1.28. The number of hydrogen-bond acceptors (Lipinski definition) is 3. The molecule has 0 saturated carbocycles. The fraction of sp³-hybridized carbons (Fsp3) is 0. The Labute approximate surface area is 92.6 Å². The molecular formula is C13H8O3. The average molecular weight is 212 g/mol. The van der Waals surface area contributed by atoms with Crippen molar-refractivity contribution in [2.24, 2.45) is 0 Å². The minimum atomic E-state index is -0.226. The molecule has 0 amide bonds. The van der Waals surface area contributed by atoms with E-state index in [2.05, 4.69) is 12.1 Å². The van der Waals surface area contributed by atoms with Crippen LogP contribution in [0.1, 0.15) is 15.9 Å². The summed E-state index contributed by atoms with van der Waals surface area (Å²) in [4.78, 5) is 11.9. The first-order chi connectivity index (χ1) is 7.66. The smallest absolute Gasteiger partial charge is 0.201 e. The van der Waals surface area contributed by atoms with E-state index < -0.39 is 0 Å². The number of phenols is 1. The van der Waals surface area contributed by atoms with Gasteiger partial charge in [-0.2, -0.15) is 0 Å². The SMILES string of the molecule is O=C(c1c#cc(O)cc1)c1ccc(O)cc1. The number of ketones is 1. The zero-order valence-electron chi connectivity index (χ0n) is 8.27. The van der Waals surface area contributed by atoms with Crippen molar-refractivity contribution in [1.82, 2.24) is 0 Å². The van der Waals surface area contributed by atoms with Gasteiger partial charge in [-0.1, -0.05) is 6.07 Å². The van der Waals surface area contributed by atoms with E-state index in [0.717, 1.165) is 0 Å². The quantitative estimate of drug-likeness (QED) is 0.748. The normalized spacial score (nSPS) is 9.50. The molecule has 0 bridgehead atoms. The fourth-order valence-corrected chi connectivity index (χ4v) is 1.28. The topological polar surface area (TPSA) is 57.5 Å². The van der Waals surface area contributed by atoms with E-state index in [0.29, 0.717) is 11.1 Å². The Balaban J connectivity index is 2.32. The van der Waals surface area contributed by atoms with Crippen LogP contribution in [0.5, 0.6) is 11.5 Å². The molecule has 0 atom stereocenters. The monoisotopic (exact) mass is 212 g/mol. The maximum Gasteiger partial charge on any atom is 0.201 e. The van der Waals surface area contributed by atoms with Gasteiger partial charge in [-0.15, -0.1) is 0 Å². The van der Waals surface area contributed by atoms with Gasteiger partial charge in [-0.3, -0.25) is 4.79 Å². The maximum atomic E-state index is 11.9. The Hall–Kier alpha value is -2.47. The van der Waals surface area contributed by atoms with Crippen molar-refractivity contribution in [3.8, 4) is 11.5 Å². The van der Waals surface area contributed by atoms with E-state index in [1.165, 1.54) is 36.4 Å². The summed E-state index contributed by atoms with van der Waals surface area (Å²) in [6, 6.07) is 13.8. The summed E-state index contributed by atoms with van der Waals surface area (Å²) in [6.07, 6.45) is 0. The molecule has 0 fully saturated rings. The lowest BCUT2D eigenvalue weighted by Crippen LogP contribution is -1.99. The van der Waals surface area contributed by atoms with Crippen molar-refractivity contribution < 1.29 is 15.0 Å². The number of carbonyl (C=O) groups excluding carboxylic acids is 1. The standard InChI is InChI=1S/C13H8O3/c14-11-5-1-9(2-6-11)13(16)10-3-7-12(15)8-4-10/h1-3,5-7,14-15H. The van der Waals surface area contributed by atoms with Crippen LogP contribution in [-0.4, -0.2) is 16.0 Å². The Morgan fingerprint density at radius 2 is 1.62 bits per heavy atom. The first-order valence-electron chi connectivity index (χ1n) is 4.63. The van der Waals surface area contributed by atoms with Gasteiger partial charge in [0.1, 0.15) is 5.75 Å². The second-order valence-corrected chi connectivity index (χ2v) is 3.26. The lowest BCUT2D eigenvalue weighted by molar-refractivity contribution is 0.103. The van der Waals surface area contributed by atoms with Crippen LogP contribution in [0.15, 0.2) is 36.4 Å². The van der Waals surface area contributed by atoms with Crippen LogP contribution < -0.4 is 0 Å². The molecule has 16 heavy (non-hydrogen) atoms. The van der Waals surface area contributed by atoms with E-state index >= 15 is 0 Å². The van der Waals surface area contributed by atoms with Gasteiger partial charge in [0.2, 0.25) is 5.78 Å². The van der Waals surface area contributed by atoms with Crippen molar-refractivity contribution in [2.45, 2.75) is 0 Å². The Morgan fingerprint density at radius 1 is 0.938 bits per heavy atom. The molecule has 0 aliphatic carbocycles. The number of rotatable bonds is 2. The van der Waals surface area contributed by atoms with Gasteiger partial charge in [0.15, 0.2) is 5.75 Å². The molecule has 0 heterocycles. The summed E-state index contributed by atoms with van der Waals surface area (Å²) >= 11 is 0. The lowest BCUT2D eigenvalue weighted by Gasteiger charge is -1.98. The summed E-state index contributed by atoms with van der Waals surface area (Å²) in [5.41, 5.74) is 0.775. The minimum Gasteiger partial charge on any atom is -0.508 e. The van der Waals surface area contributed by atoms with Crippen LogP contribution in [0.3, 0.4) is 0 Å². The number of benzene rings is 1. The third-order valence-electron chi connectivity index (χ3n) is 2.11. The van der Waals surface area contributed by atoms with Crippen LogP contribution in [0.25, 0.3) is 0 Å². The van der Waals surface area contributed by atoms with Crippen molar-refractivity contribution in [1.29, 1.82) is 0 Å². The van der Waals surface area contributed by atoms with Gasteiger partial charge >= 0.3 is 0 Å². The van der Waals surface area contributed by atoms with Crippen LogP contribution in [-0.2, 0) is 0 Å². The second kappa shape index (κ2) is 3.95. The molecule has 0 saturated heterocycles. The molecule has 3 heteroatoms. The molecule has 2 aromatic rings. The van der Waals surface area contributed by atoms with E-state index in [1.54, 1.807) is 0 Å². The summed E-state index contributed by atoms with van der Waals surface area (Å²) in [5.74, 6) is -0.170. The number of carbonyl (C=O) groups is 1. The Kier molecular flexibility index (Phi) is 2.49. The average Bonchev–Trinajstić information content (AvgIpc) is 2.30. The molecule has 2 rings (SSSR count). The highest BCUT2D eigenvalue weighted by molar-refractivity contribution is 6.08.